The highest BCUT2D eigenvalue weighted by Crippen LogP contribution is 2.25. The number of aromatic nitrogens is 1. The third-order valence-electron chi connectivity index (χ3n) is 4.79. The lowest BCUT2D eigenvalue weighted by Crippen LogP contribution is -2.36. The second-order valence-corrected chi connectivity index (χ2v) is 6.85. The van der Waals surface area contributed by atoms with E-state index in [1.807, 2.05) is 36.4 Å². The van der Waals surface area contributed by atoms with E-state index in [0.29, 0.717) is 19.0 Å². The maximum absolute atomic E-state index is 12.4. The van der Waals surface area contributed by atoms with E-state index in [1.165, 1.54) is 12.8 Å². The van der Waals surface area contributed by atoms with E-state index in [1.54, 1.807) is 25.3 Å². The third kappa shape index (κ3) is 5.36. The van der Waals surface area contributed by atoms with Gasteiger partial charge >= 0.3 is 6.03 Å². The van der Waals surface area contributed by atoms with E-state index >= 15 is 0 Å². The molecule has 0 radical (unpaired) electrons. The molecule has 1 aliphatic carbocycles. The van der Waals surface area contributed by atoms with Crippen molar-refractivity contribution in [3.8, 4) is 11.6 Å². The molecule has 1 heterocycles. The Kier molecular flexibility index (Phi) is 6.52. The number of hydrogen-bond acceptors (Lipinski definition) is 4. The van der Waals surface area contributed by atoms with Crippen LogP contribution >= 0.6 is 0 Å². The van der Waals surface area contributed by atoms with Crippen molar-refractivity contribution in [3.05, 3.63) is 53.7 Å². The number of carbonyl (C=O) groups excluding carboxylic acids is 1. The Morgan fingerprint density at radius 1 is 1.22 bits per heavy atom. The van der Waals surface area contributed by atoms with Crippen molar-refractivity contribution < 1.29 is 14.3 Å². The Morgan fingerprint density at radius 3 is 2.67 bits per heavy atom. The zero-order chi connectivity index (χ0) is 19.1. The van der Waals surface area contributed by atoms with E-state index in [9.17, 15) is 4.79 Å². The third-order valence-corrected chi connectivity index (χ3v) is 4.79. The fraction of sp³-hybridized carbons (Fsp3) is 0.429. The average Bonchev–Trinajstić information content (AvgIpc) is 3.20. The smallest absolute Gasteiger partial charge is 0.317 e. The number of rotatable bonds is 7. The summed E-state index contributed by atoms with van der Waals surface area (Å²) >= 11 is 0. The van der Waals surface area contributed by atoms with Crippen molar-refractivity contribution in [1.82, 2.24) is 15.2 Å². The van der Waals surface area contributed by atoms with Gasteiger partial charge in [0.25, 0.3) is 0 Å². The van der Waals surface area contributed by atoms with Crippen molar-refractivity contribution in [1.29, 1.82) is 0 Å². The lowest BCUT2D eigenvalue weighted by Gasteiger charge is -2.19. The summed E-state index contributed by atoms with van der Waals surface area (Å²) in [4.78, 5) is 18.4. The fourth-order valence-corrected chi connectivity index (χ4v) is 3.21. The Morgan fingerprint density at radius 2 is 1.96 bits per heavy atom. The van der Waals surface area contributed by atoms with Gasteiger partial charge in [-0.25, -0.2) is 9.78 Å². The molecule has 0 unspecified atom stereocenters. The largest absolute Gasteiger partial charge is 0.497 e. The van der Waals surface area contributed by atoms with E-state index in [-0.39, 0.29) is 12.1 Å². The van der Waals surface area contributed by atoms with E-state index in [2.05, 4.69) is 10.3 Å². The minimum absolute atomic E-state index is 0.138. The Balaban J connectivity index is 1.53. The van der Waals surface area contributed by atoms with Crippen LogP contribution in [0.3, 0.4) is 0 Å². The highest BCUT2D eigenvalue weighted by molar-refractivity contribution is 5.73. The number of amides is 2. The van der Waals surface area contributed by atoms with Gasteiger partial charge in [0.2, 0.25) is 5.88 Å². The van der Waals surface area contributed by atoms with Crippen molar-refractivity contribution in [2.24, 2.45) is 0 Å². The van der Waals surface area contributed by atoms with Gasteiger partial charge in [-0.2, -0.15) is 0 Å². The van der Waals surface area contributed by atoms with E-state index in [4.69, 9.17) is 9.47 Å². The molecule has 0 atom stereocenters. The van der Waals surface area contributed by atoms with Gasteiger partial charge in [0.15, 0.2) is 0 Å². The first-order valence-electron chi connectivity index (χ1n) is 9.38. The summed E-state index contributed by atoms with van der Waals surface area (Å²) < 4.78 is 11.2. The first-order valence-corrected chi connectivity index (χ1v) is 9.38. The second-order valence-electron chi connectivity index (χ2n) is 6.85. The molecule has 144 valence electrons. The van der Waals surface area contributed by atoms with Crippen LogP contribution in [0.25, 0.3) is 0 Å². The molecule has 2 aromatic rings. The van der Waals surface area contributed by atoms with Crippen LogP contribution in [0.15, 0.2) is 42.6 Å². The summed E-state index contributed by atoms with van der Waals surface area (Å²) in [6, 6.07) is 11.4. The number of ether oxygens (including phenoxy) is 2. The van der Waals surface area contributed by atoms with Crippen LogP contribution in [-0.4, -0.2) is 36.2 Å². The predicted molar refractivity (Wildman–Crippen MR) is 104 cm³/mol. The van der Waals surface area contributed by atoms with Gasteiger partial charge in [0, 0.05) is 31.9 Å². The minimum atomic E-state index is -0.138. The number of pyridine rings is 1. The van der Waals surface area contributed by atoms with Crippen molar-refractivity contribution in [2.45, 2.75) is 44.9 Å². The summed E-state index contributed by atoms with van der Waals surface area (Å²) in [7, 11) is 3.41. The molecule has 2 amide bonds. The molecule has 0 bridgehead atoms. The molecule has 1 saturated carbocycles. The molecule has 1 fully saturated rings. The standard InChI is InChI=1S/C21H27N3O3/c1-24(15-16-9-11-18(26-2)12-10-16)21(25)23-14-17-6-5-13-22-20(17)27-19-7-3-4-8-19/h5-6,9-13,19H,3-4,7-8,14-15H2,1-2H3,(H,23,25). The predicted octanol–water partition coefficient (Wildman–Crippen LogP) is 3.75. The molecule has 0 aliphatic heterocycles. The number of methoxy groups -OCH3 is 1. The van der Waals surface area contributed by atoms with Gasteiger partial charge in [-0.05, 0) is 49.4 Å². The number of benzene rings is 1. The first kappa shape index (κ1) is 19.0. The molecule has 27 heavy (non-hydrogen) atoms. The molecule has 6 nitrogen and oxygen atoms in total. The number of urea groups is 1. The quantitative estimate of drug-likeness (QED) is 0.807. The van der Waals surface area contributed by atoms with Crippen LogP contribution in [0.4, 0.5) is 4.79 Å². The normalized spacial score (nSPS) is 14.0. The molecule has 1 N–H and O–H groups in total. The fourth-order valence-electron chi connectivity index (χ4n) is 3.21. The van der Waals surface area contributed by atoms with Gasteiger partial charge < -0.3 is 19.7 Å². The zero-order valence-corrected chi connectivity index (χ0v) is 16.0. The van der Waals surface area contributed by atoms with E-state index < -0.39 is 0 Å². The molecular formula is C21H27N3O3. The summed E-state index contributed by atoms with van der Waals surface area (Å²) in [6.45, 7) is 0.913. The van der Waals surface area contributed by atoms with Gasteiger partial charge in [-0.1, -0.05) is 18.2 Å². The number of hydrogen-bond donors (Lipinski definition) is 1. The number of carbonyl (C=O) groups is 1. The van der Waals surface area contributed by atoms with Crippen molar-refractivity contribution >= 4 is 6.03 Å². The van der Waals surface area contributed by atoms with Crippen LogP contribution in [0.1, 0.15) is 36.8 Å². The highest BCUT2D eigenvalue weighted by atomic mass is 16.5. The molecule has 1 aliphatic rings. The Labute approximate surface area is 160 Å². The summed E-state index contributed by atoms with van der Waals surface area (Å²) in [5, 5.41) is 2.95. The molecule has 0 spiro atoms. The van der Waals surface area contributed by atoms with Gasteiger partial charge in [0.05, 0.1) is 7.11 Å². The van der Waals surface area contributed by atoms with Crippen molar-refractivity contribution in [2.75, 3.05) is 14.2 Å². The van der Waals surface area contributed by atoms with Crippen LogP contribution < -0.4 is 14.8 Å². The van der Waals surface area contributed by atoms with Crippen molar-refractivity contribution in [3.63, 3.8) is 0 Å². The topological polar surface area (TPSA) is 63.7 Å². The monoisotopic (exact) mass is 369 g/mol. The van der Waals surface area contributed by atoms with Crippen LogP contribution in [0.5, 0.6) is 11.6 Å². The Bertz CT molecular complexity index is 743. The molecule has 6 heteroatoms. The SMILES string of the molecule is COc1ccc(CN(C)C(=O)NCc2cccnc2OC2CCCC2)cc1. The first-order chi connectivity index (χ1) is 13.2. The minimum Gasteiger partial charge on any atom is -0.497 e. The maximum atomic E-state index is 12.4. The van der Waals surface area contributed by atoms with Crippen LogP contribution in [-0.2, 0) is 13.1 Å². The zero-order valence-electron chi connectivity index (χ0n) is 16.0. The van der Waals surface area contributed by atoms with Crippen LogP contribution in [0.2, 0.25) is 0 Å². The Hall–Kier alpha value is -2.76. The summed E-state index contributed by atoms with van der Waals surface area (Å²) in [6.07, 6.45) is 6.54. The lowest BCUT2D eigenvalue weighted by atomic mass is 10.2. The van der Waals surface area contributed by atoms with Gasteiger partial charge in [-0.15, -0.1) is 0 Å². The summed E-state index contributed by atoms with van der Waals surface area (Å²) in [5.41, 5.74) is 1.94. The molecule has 1 aromatic heterocycles. The van der Waals surface area contributed by atoms with Gasteiger partial charge in [-0.3, -0.25) is 0 Å². The maximum Gasteiger partial charge on any atom is 0.317 e. The highest BCUT2D eigenvalue weighted by Gasteiger charge is 2.19. The lowest BCUT2D eigenvalue weighted by molar-refractivity contribution is 0.196. The average molecular weight is 369 g/mol. The second kappa shape index (κ2) is 9.26. The number of nitrogens with zero attached hydrogens (tertiary/aromatic N) is 2. The van der Waals surface area contributed by atoms with E-state index in [0.717, 1.165) is 29.7 Å². The summed E-state index contributed by atoms with van der Waals surface area (Å²) in [5.74, 6) is 1.43. The molecule has 1 aromatic carbocycles. The number of nitrogens with one attached hydrogen (secondary N) is 1. The molecule has 3 rings (SSSR count). The molecular weight excluding hydrogens is 342 g/mol. The van der Waals surface area contributed by atoms with Crippen LogP contribution in [0, 0.1) is 0 Å². The van der Waals surface area contributed by atoms with Gasteiger partial charge in [0.1, 0.15) is 11.9 Å². The molecule has 0 saturated heterocycles.